The molecule has 0 spiro atoms. The molecule has 0 unspecified atom stereocenters. The number of carboxylic acids is 1. The van der Waals surface area contributed by atoms with Gasteiger partial charge in [0.2, 0.25) is 5.91 Å². The van der Waals surface area contributed by atoms with Gasteiger partial charge in [0.05, 0.1) is 0 Å². The first-order chi connectivity index (χ1) is 6.57. The predicted octanol–water partition coefficient (Wildman–Crippen LogP) is 1.03. The molecule has 1 atom stereocenters. The lowest BCUT2D eigenvalue weighted by molar-refractivity contribution is -0.146. The van der Waals surface area contributed by atoms with E-state index in [9.17, 15) is 9.59 Å². The van der Waals surface area contributed by atoms with Gasteiger partial charge in [-0.05, 0) is 26.7 Å². The number of likely N-dealkylation sites (tertiary alicyclic amines) is 1. The summed E-state index contributed by atoms with van der Waals surface area (Å²) in [5.41, 5.74) is 0.609. The third kappa shape index (κ3) is 1.95. The van der Waals surface area contributed by atoms with Crippen molar-refractivity contribution in [3.05, 3.63) is 11.6 Å². The molecule has 14 heavy (non-hydrogen) atoms. The number of carbonyl (C=O) groups is 2. The van der Waals surface area contributed by atoms with Gasteiger partial charge in [0, 0.05) is 12.1 Å². The van der Waals surface area contributed by atoms with Crippen molar-refractivity contribution in [2.75, 3.05) is 6.54 Å². The third-order valence-electron chi connectivity index (χ3n) is 2.57. The Morgan fingerprint density at radius 1 is 1.50 bits per heavy atom. The largest absolute Gasteiger partial charge is 0.480 e. The van der Waals surface area contributed by atoms with E-state index in [0.717, 1.165) is 6.42 Å². The molecule has 1 aliphatic rings. The molecule has 4 heteroatoms. The lowest BCUT2D eigenvalue weighted by atomic mass is 10.2. The lowest BCUT2D eigenvalue weighted by Crippen LogP contribution is -2.40. The highest BCUT2D eigenvalue weighted by Crippen LogP contribution is 2.19. The highest BCUT2D eigenvalue weighted by Gasteiger charge is 2.33. The molecule has 1 fully saturated rings. The Morgan fingerprint density at radius 2 is 2.14 bits per heavy atom. The molecule has 1 aliphatic heterocycles. The number of carbonyl (C=O) groups excluding carboxylic acids is 1. The number of amides is 1. The summed E-state index contributed by atoms with van der Waals surface area (Å²) >= 11 is 0. The summed E-state index contributed by atoms with van der Waals surface area (Å²) < 4.78 is 0. The molecule has 78 valence electrons. The van der Waals surface area contributed by atoms with E-state index < -0.39 is 12.0 Å². The zero-order valence-electron chi connectivity index (χ0n) is 8.49. The van der Waals surface area contributed by atoms with Crippen molar-refractivity contribution in [1.82, 2.24) is 4.90 Å². The van der Waals surface area contributed by atoms with Crippen LogP contribution in [0.5, 0.6) is 0 Å². The third-order valence-corrected chi connectivity index (χ3v) is 2.57. The van der Waals surface area contributed by atoms with Gasteiger partial charge in [0.1, 0.15) is 6.04 Å². The molecule has 0 aromatic heterocycles. The zero-order chi connectivity index (χ0) is 10.7. The maximum absolute atomic E-state index is 11.7. The van der Waals surface area contributed by atoms with E-state index >= 15 is 0 Å². The Balaban J connectivity index is 2.77. The highest BCUT2D eigenvalue weighted by molar-refractivity contribution is 5.95. The van der Waals surface area contributed by atoms with Crippen LogP contribution in [0, 0.1) is 0 Å². The minimum atomic E-state index is -0.903. The fourth-order valence-electron chi connectivity index (χ4n) is 1.62. The first-order valence-corrected chi connectivity index (χ1v) is 4.74. The van der Waals surface area contributed by atoms with Crippen molar-refractivity contribution in [3.63, 3.8) is 0 Å². The summed E-state index contributed by atoms with van der Waals surface area (Å²) in [6.07, 6.45) is 3.05. The van der Waals surface area contributed by atoms with Gasteiger partial charge in [0.15, 0.2) is 0 Å². The van der Waals surface area contributed by atoms with Crippen LogP contribution in [0.3, 0.4) is 0 Å². The number of hydrogen-bond acceptors (Lipinski definition) is 2. The molecular formula is C10H15NO3. The molecule has 1 N–H and O–H groups in total. The van der Waals surface area contributed by atoms with Crippen LogP contribution in [0.4, 0.5) is 0 Å². The molecule has 0 bridgehead atoms. The number of nitrogens with zero attached hydrogens (tertiary/aromatic N) is 1. The number of allylic oxidation sites excluding steroid dienone is 1. The number of hydrogen-bond donors (Lipinski definition) is 1. The molecule has 1 saturated heterocycles. The number of carboxylic acid groups (broad SMARTS) is 1. The fraction of sp³-hybridized carbons (Fsp3) is 0.600. The van der Waals surface area contributed by atoms with E-state index in [1.54, 1.807) is 19.9 Å². The van der Waals surface area contributed by atoms with Crippen LogP contribution in [0.1, 0.15) is 26.7 Å². The Kier molecular flexibility index (Phi) is 3.28. The summed E-state index contributed by atoms with van der Waals surface area (Å²) in [6, 6.07) is -0.627. The Labute approximate surface area is 83.2 Å². The first kappa shape index (κ1) is 10.8. The highest BCUT2D eigenvalue weighted by atomic mass is 16.4. The second-order valence-corrected chi connectivity index (χ2v) is 3.47. The van der Waals surface area contributed by atoms with Gasteiger partial charge >= 0.3 is 5.97 Å². The van der Waals surface area contributed by atoms with Crippen molar-refractivity contribution in [2.45, 2.75) is 32.7 Å². The SMILES string of the molecule is C/C=C(/C)C(=O)N1CCC[C@@H]1C(=O)O. The first-order valence-electron chi connectivity index (χ1n) is 4.74. The van der Waals surface area contributed by atoms with Crippen molar-refractivity contribution >= 4 is 11.9 Å². The number of aliphatic carboxylic acids is 1. The van der Waals surface area contributed by atoms with E-state index in [-0.39, 0.29) is 5.91 Å². The standard InChI is InChI=1S/C10H15NO3/c1-3-7(2)9(12)11-6-4-5-8(11)10(13)14/h3,8H,4-6H2,1-2H3,(H,13,14)/b7-3-/t8-/m1/s1. The second kappa shape index (κ2) is 4.26. The van der Waals surface area contributed by atoms with Crippen molar-refractivity contribution in [1.29, 1.82) is 0 Å². The number of rotatable bonds is 2. The molecule has 0 saturated carbocycles. The Hall–Kier alpha value is -1.32. The summed E-state index contributed by atoms with van der Waals surface area (Å²) in [6.45, 7) is 4.04. The van der Waals surface area contributed by atoms with E-state index in [1.165, 1.54) is 4.90 Å². The quantitative estimate of drug-likeness (QED) is 0.672. The smallest absolute Gasteiger partial charge is 0.326 e. The maximum Gasteiger partial charge on any atom is 0.326 e. The van der Waals surface area contributed by atoms with Crippen LogP contribution in [0.15, 0.2) is 11.6 Å². The van der Waals surface area contributed by atoms with Gasteiger partial charge in [-0.25, -0.2) is 4.79 Å². The minimum absolute atomic E-state index is 0.155. The summed E-state index contributed by atoms with van der Waals surface area (Å²) in [5.74, 6) is -1.06. The molecule has 4 nitrogen and oxygen atoms in total. The van der Waals surface area contributed by atoms with Crippen LogP contribution < -0.4 is 0 Å². The average molecular weight is 197 g/mol. The normalized spacial score (nSPS) is 22.6. The zero-order valence-corrected chi connectivity index (χ0v) is 8.49. The predicted molar refractivity (Wildman–Crippen MR) is 51.8 cm³/mol. The fourth-order valence-corrected chi connectivity index (χ4v) is 1.62. The van der Waals surface area contributed by atoms with E-state index in [2.05, 4.69) is 0 Å². The molecule has 1 amide bonds. The van der Waals surface area contributed by atoms with Crippen LogP contribution in [-0.4, -0.2) is 34.5 Å². The summed E-state index contributed by atoms with van der Waals surface area (Å²) in [5, 5.41) is 8.87. The Morgan fingerprint density at radius 3 is 2.64 bits per heavy atom. The van der Waals surface area contributed by atoms with Gasteiger partial charge in [-0.3, -0.25) is 4.79 Å². The molecule has 0 radical (unpaired) electrons. The molecular weight excluding hydrogens is 182 g/mol. The van der Waals surface area contributed by atoms with Gasteiger partial charge < -0.3 is 10.0 Å². The molecule has 1 heterocycles. The van der Waals surface area contributed by atoms with Gasteiger partial charge in [-0.2, -0.15) is 0 Å². The van der Waals surface area contributed by atoms with E-state index in [4.69, 9.17) is 5.11 Å². The lowest BCUT2D eigenvalue weighted by Gasteiger charge is -2.21. The molecule has 0 aromatic rings. The topological polar surface area (TPSA) is 57.6 Å². The van der Waals surface area contributed by atoms with E-state index in [1.807, 2.05) is 0 Å². The van der Waals surface area contributed by atoms with Crippen molar-refractivity contribution in [2.24, 2.45) is 0 Å². The molecule has 0 aromatic carbocycles. The maximum atomic E-state index is 11.7. The van der Waals surface area contributed by atoms with Crippen molar-refractivity contribution in [3.8, 4) is 0 Å². The Bertz CT molecular complexity index is 283. The van der Waals surface area contributed by atoms with Crippen LogP contribution in [-0.2, 0) is 9.59 Å². The van der Waals surface area contributed by atoms with Gasteiger partial charge in [-0.15, -0.1) is 0 Å². The van der Waals surface area contributed by atoms with Gasteiger partial charge in [-0.1, -0.05) is 6.08 Å². The van der Waals surface area contributed by atoms with Crippen molar-refractivity contribution < 1.29 is 14.7 Å². The second-order valence-electron chi connectivity index (χ2n) is 3.47. The van der Waals surface area contributed by atoms with Gasteiger partial charge in [0.25, 0.3) is 0 Å². The molecule has 1 rings (SSSR count). The average Bonchev–Trinajstić information content (AvgIpc) is 2.63. The van der Waals surface area contributed by atoms with Crippen LogP contribution >= 0.6 is 0 Å². The van der Waals surface area contributed by atoms with Crippen LogP contribution in [0.25, 0.3) is 0 Å². The summed E-state index contributed by atoms with van der Waals surface area (Å²) in [7, 11) is 0. The van der Waals surface area contributed by atoms with E-state index in [0.29, 0.717) is 18.5 Å². The summed E-state index contributed by atoms with van der Waals surface area (Å²) in [4.78, 5) is 23.9. The monoisotopic (exact) mass is 197 g/mol. The minimum Gasteiger partial charge on any atom is -0.480 e. The van der Waals surface area contributed by atoms with Crippen LogP contribution in [0.2, 0.25) is 0 Å². The molecule has 0 aliphatic carbocycles.